The second kappa shape index (κ2) is 20.8. The molecule has 10 nitrogen and oxygen atoms in total. The first-order valence-corrected chi connectivity index (χ1v) is 19.1. The molecule has 6 rings (SSSR count). The van der Waals surface area contributed by atoms with Gasteiger partial charge in [0.15, 0.2) is 11.8 Å². The number of hydrogen-bond acceptors (Lipinski definition) is 9. The van der Waals surface area contributed by atoms with Gasteiger partial charge in [-0.05, 0) is 74.2 Å². The number of hydrogen-bond donors (Lipinski definition) is 2. The molecular weight excluding hydrogens is 705 g/mol. The number of oxazole rings is 2. The third-order valence-electron chi connectivity index (χ3n) is 9.48. The molecule has 2 N–H and O–H groups in total. The Bertz CT molecular complexity index is 2100. The molecule has 0 radical (unpaired) electrons. The standard InChI is InChI=1S/C24H28N2O4.C22H26N2O2/c1-17(21-9-5-4-6-10-21)26(16-24(27)28)15-20-8-7-11-22(14-20)29-13-12-23-18(2)30-19(3)25-23;1-16(20-9-5-4-6-10-20)23-15-19-8-7-11-21(14-19)25-13-12-22-17(2)26-18(3)24-22/h4-11,14,17H,12-13,15-16H2,1-3H3,(H,27,28);4-11,14,16,23H,12-13,15H2,1-3H3/t17-;16-/m00/s1. The van der Waals surface area contributed by atoms with E-state index in [2.05, 4.69) is 58.6 Å². The largest absolute Gasteiger partial charge is 0.493 e. The highest BCUT2D eigenvalue weighted by Crippen LogP contribution is 2.24. The van der Waals surface area contributed by atoms with Gasteiger partial charge in [0, 0.05) is 51.9 Å². The van der Waals surface area contributed by atoms with E-state index in [0.717, 1.165) is 58.5 Å². The molecule has 0 bridgehead atoms. The normalized spacial score (nSPS) is 12.1. The summed E-state index contributed by atoms with van der Waals surface area (Å²) in [7, 11) is 0. The second-order valence-corrected chi connectivity index (χ2v) is 13.9. The van der Waals surface area contributed by atoms with Gasteiger partial charge in [-0.1, -0.05) is 84.9 Å². The zero-order valence-electron chi connectivity index (χ0n) is 33.3. The summed E-state index contributed by atoms with van der Waals surface area (Å²) in [6, 6.07) is 36.7. The van der Waals surface area contributed by atoms with Crippen LogP contribution in [0.4, 0.5) is 0 Å². The van der Waals surface area contributed by atoms with Gasteiger partial charge in [0.1, 0.15) is 23.0 Å². The maximum absolute atomic E-state index is 11.4. The van der Waals surface area contributed by atoms with Gasteiger partial charge in [-0.15, -0.1) is 0 Å². The average Bonchev–Trinajstić information content (AvgIpc) is 3.70. The minimum Gasteiger partial charge on any atom is -0.493 e. The molecule has 0 aliphatic heterocycles. The number of nitrogens with one attached hydrogen (secondary N) is 1. The topological polar surface area (TPSA) is 123 Å². The fraction of sp³-hybridized carbons (Fsp3) is 0.326. The Morgan fingerprint density at radius 3 is 1.70 bits per heavy atom. The molecule has 56 heavy (non-hydrogen) atoms. The second-order valence-electron chi connectivity index (χ2n) is 13.9. The van der Waals surface area contributed by atoms with Crippen LogP contribution in [0.2, 0.25) is 0 Å². The number of carbonyl (C=O) groups is 1. The molecule has 2 aromatic heterocycles. The lowest BCUT2D eigenvalue weighted by atomic mass is 10.1. The van der Waals surface area contributed by atoms with E-state index >= 15 is 0 Å². The van der Waals surface area contributed by atoms with Gasteiger partial charge in [0.05, 0.1) is 31.1 Å². The van der Waals surface area contributed by atoms with Gasteiger partial charge in [0.25, 0.3) is 0 Å². The molecular formula is C46H54N4O6. The number of ether oxygens (including phenoxy) is 2. The summed E-state index contributed by atoms with van der Waals surface area (Å²) < 4.78 is 22.7. The van der Waals surface area contributed by atoms with Crippen molar-refractivity contribution in [1.82, 2.24) is 20.2 Å². The van der Waals surface area contributed by atoms with Crippen molar-refractivity contribution in [2.75, 3.05) is 19.8 Å². The highest BCUT2D eigenvalue weighted by atomic mass is 16.5. The first-order chi connectivity index (χ1) is 27.0. The van der Waals surface area contributed by atoms with Crippen LogP contribution in [0.1, 0.15) is 82.9 Å². The van der Waals surface area contributed by atoms with Gasteiger partial charge >= 0.3 is 5.97 Å². The summed E-state index contributed by atoms with van der Waals surface area (Å²) >= 11 is 0. The zero-order chi connectivity index (χ0) is 39.9. The van der Waals surface area contributed by atoms with Crippen LogP contribution in [0.5, 0.6) is 11.5 Å². The lowest BCUT2D eigenvalue weighted by molar-refractivity contribution is -0.139. The van der Waals surface area contributed by atoms with Crippen LogP contribution < -0.4 is 14.8 Å². The van der Waals surface area contributed by atoms with Crippen molar-refractivity contribution in [3.63, 3.8) is 0 Å². The molecule has 2 heterocycles. The number of nitrogens with zero attached hydrogens (tertiary/aromatic N) is 3. The molecule has 0 aliphatic rings. The SMILES string of the molecule is Cc1nc(CCOc2cccc(CN(CC(=O)O)[C@@H](C)c3ccccc3)c2)c(C)o1.Cc1nc(CCOc2cccc(CN[C@@H](C)c3ccccc3)c2)c(C)o1. The van der Waals surface area contributed by atoms with Crippen LogP contribution in [0, 0.1) is 27.7 Å². The summed E-state index contributed by atoms with van der Waals surface area (Å²) in [6.45, 7) is 14.1. The van der Waals surface area contributed by atoms with Crippen molar-refractivity contribution in [1.29, 1.82) is 0 Å². The Kier molecular flexibility index (Phi) is 15.4. The van der Waals surface area contributed by atoms with Gasteiger partial charge in [0.2, 0.25) is 0 Å². The minimum atomic E-state index is -0.844. The van der Waals surface area contributed by atoms with E-state index in [4.69, 9.17) is 18.3 Å². The fourth-order valence-electron chi connectivity index (χ4n) is 6.43. The predicted molar refractivity (Wildman–Crippen MR) is 218 cm³/mol. The van der Waals surface area contributed by atoms with Crippen LogP contribution in [-0.2, 0) is 30.7 Å². The predicted octanol–water partition coefficient (Wildman–Crippen LogP) is 9.32. The Morgan fingerprint density at radius 2 is 1.20 bits per heavy atom. The maximum atomic E-state index is 11.4. The van der Waals surface area contributed by atoms with Crippen molar-refractivity contribution in [3.8, 4) is 11.5 Å². The van der Waals surface area contributed by atoms with E-state index in [9.17, 15) is 9.90 Å². The molecule has 0 fully saturated rings. The van der Waals surface area contributed by atoms with E-state index in [0.29, 0.717) is 44.0 Å². The van der Waals surface area contributed by atoms with Crippen molar-refractivity contribution in [2.24, 2.45) is 0 Å². The number of aliphatic carboxylic acids is 1. The van der Waals surface area contributed by atoms with E-state index in [1.165, 1.54) is 11.1 Å². The highest BCUT2D eigenvalue weighted by Gasteiger charge is 2.19. The molecule has 10 heteroatoms. The summed E-state index contributed by atoms with van der Waals surface area (Å²) in [5, 5.41) is 12.9. The smallest absolute Gasteiger partial charge is 0.317 e. The lowest BCUT2D eigenvalue weighted by Crippen LogP contribution is -2.32. The molecule has 0 amide bonds. The Balaban J connectivity index is 0.000000216. The number of carboxylic acids is 1. The van der Waals surface area contributed by atoms with E-state index in [1.54, 1.807) is 0 Å². The lowest BCUT2D eigenvalue weighted by Gasteiger charge is -2.28. The molecule has 4 aromatic carbocycles. The van der Waals surface area contributed by atoms with Crippen molar-refractivity contribution in [2.45, 2.75) is 79.6 Å². The zero-order valence-corrected chi connectivity index (χ0v) is 33.3. The summed E-state index contributed by atoms with van der Waals surface area (Å²) in [5.74, 6) is 3.86. The number of carboxylic acid groups (broad SMARTS) is 1. The van der Waals surface area contributed by atoms with Gasteiger partial charge in [-0.3, -0.25) is 9.69 Å². The average molecular weight is 759 g/mol. The number of aromatic nitrogens is 2. The van der Waals surface area contributed by atoms with Crippen molar-refractivity contribution in [3.05, 3.63) is 166 Å². The molecule has 2 atom stereocenters. The monoisotopic (exact) mass is 758 g/mol. The molecule has 0 spiro atoms. The Labute approximate surface area is 330 Å². The Morgan fingerprint density at radius 1 is 0.696 bits per heavy atom. The first kappa shape index (κ1) is 41.5. The maximum Gasteiger partial charge on any atom is 0.317 e. The van der Waals surface area contributed by atoms with Crippen LogP contribution in [0.25, 0.3) is 0 Å². The van der Waals surface area contributed by atoms with Gasteiger partial charge in [-0.2, -0.15) is 0 Å². The van der Waals surface area contributed by atoms with E-state index in [1.807, 2.05) is 112 Å². The van der Waals surface area contributed by atoms with Crippen LogP contribution >= 0.6 is 0 Å². The summed E-state index contributed by atoms with van der Waals surface area (Å²) in [4.78, 5) is 22.1. The third kappa shape index (κ3) is 13.0. The quantitative estimate of drug-likeness (QED) is 0.0877. The van der Waals surface area contributed by atoms with Crippen molar-refractivity contribution < 1.29 is 28.2 Å². The van der Waals surface area contributed by atoms with E-state index in [-0.39, 0.29) is 12.6 Å². The molecule has 6 aromatic rings. The van der Waals surface area contributed by atoms with Crippen LogP contribution in [-0.4, -0.2) is 45.7 Å². The van der Waals surface area contributed by atoms with Crippen LogP contribution in [0.15, 0.2) is 118 Å². The number of rotatable bonds is 18. The molecule has 0 aliphatic carbocycles. The van der Waals surface area contributed by atoms with Gasteiger partial charge in [-0.25, -0.2) is 9.97 Å². The summed E-state index contributed by atoms with van der Waals surface area (Å²) in [6.07, 6.45) is 1.42. The Hall–Kier alpha value is -5.71. The molecule has 0 saturated carbocycles. The van der Waals surface area contributed by atoms with Crippen molar-refractivity contribution >= 4 is 5.97 Å². The van der Waals surface area contributed by atoms with Gasteiger partial charge < -0.3 is 28.7 Å². The first-order valence-electron chi connectivity index (χ1n) is 19.1. The minimum absolute atomic E-state index is 0.0229. The fourth-order valence-corrected chi connectivity index (χ4v) is 6.43. The van der Waals surface area contributed by atoms with Crippen LogP contribution in [0.3, 0.4) is 0 Å². The number of aryl methyl sites for hydroxylation is 4. The summed E-state index contributed by atoms with van der Waals surface area (Å²) in [5.41, 5.74) is 6.47. The highest BCUT2D eigenvalue weighted by molar-refractivity contribution is 5.69. The van der Waals surface area contributed by atoms with E-state index < -0.39 is 5.97 Å². The molecule has 0 saturated heterocycles. The molecule has 0 unspecified atom stereocenters. The third-order valence-corrected chi connectivity index (χ3v) is 9.48. The number of benzene rings is 4. The molecule has 294 valence electrons.